The van der Waals surface area contributed by atoms with Crippen LogP contribution in [0.4, 0.5) is 11.4 Å². The molecule has 0 spiro atoms. The first kappa shape index (κ1) is 15.5. The standard InChI is InChI=1S/C23H20N2S/c1-15-4-7-19-20-8-5-18(14-22(20)25(3)21(19)12-15)24(2)17-6-9-23-16(13-17)10-11-26-23/h4-14H,1-3H3. The van der Waals surface area contributed by atoms with Crippen LogP contribution in [0.3, 0.4) is 0 Å². The Balaban J connectivity index is 1.66. The molecule has 128 valence electrons. The van der Waals surface area contributed by atoms with Crippen molar-refractivity contribution in [2.24, 2.45) is 7.05 Å². The van der Waals surface area contributed by atoms with E-state index in [4.69, 9.17) is 0 Å². The van der Waals surface area contributed by atoms with Crippen LogP contribution in [0, 0.1) is 6.92 Å². The van der Waals surface area contributed by atoms with E-state index in [1.807, 2.05) is 0 Å². The summed E-state index contributed by atoms with van der Waals surface area (Å²) in [6.07, 6.45) is 0. The fraction of sp³-hybridized carbons (Fsp3) is 0.130. The van der Waals surface area contributed by atoms with Gasteiger partial charge in [-0.3, -0.25) is 0 Å². The number of hydrogen-bond acceptors (Lipinski definition) is 2. The summed E-state index contributed by atoms with van der Waals surface area (Å²) in [6.45, 7) is 2.15. The Bertz CT molecular complexity index is 1280. The normalized spacial score (nSPS) is 11.7. The highest BCUT2D eigenvalue weighted by Crippen LogP contribution is 2.34. The molecule has 5 aromatic rings. The van der Waals surface area contributed by atoms with Crippen LogP contribution in [-0.2, 0) is 7.05 Å². The first-order valence-corrected chi connectivity index (χ1v) is 9.69. The lowest BCUT2D eigenvalue weighted by Gasteiger charge is -2.20. The summed E-state index contributed by atoms with van der Waals surface area (Å²) in [6, 6.07) is 22.3. The van der Waals surface area contributed by atoms with E-state index in [-0.39, 0.29) is 0 Å². The van der Waals surface area contributed by atoms with Crippen LogP contribution in [0.1, 0.15) is 5.56 Å². The zero-order valence-corrected chi connectivity index (χ0v) is 16.0. The van der Waals surface area contributed by atoms with Gasteiger partial charge in [0.15, 0.2) is 0 Å². The molecule has 0 unspecified atom stereocenters. The van der Waals surface area contributed by atoms with E-state index in [2.05, 4.69) is 96.5 Å². The van der Waals surface area contributed by atoms with Gasteiger partial charge in [-0.15, -0.1) is 11.3 Å². The van der Waals surface area contributed by atoms with E-state index in [1.165, 1.54) is 48.8 Å². The van der Waals surface area contributed by atoms with Crippen LogP contribution in [0.2, 0.25) is 0 Å². The topological polar surface area (TPSA) is 8.17 Å². The second-order valence-electron chi connectivity index (χ2n) is 6.98. The Hall–Kier alpha value is -2.78. The number of benzene rings is 3. The summed E-state index contributed by atoms with van der Waals surface area (Å²) >= 11 is 1.79. The fourth-order valence-electron chi connectivity index (χ4n) is 3.82. The van der Waals surface area contributed by atoms with Gasteiger partial charge in [0.25, 0.3) is 0 Å². The first-order chi connectivity index (χ1) is 12.6. The Morgan fingerprint density at radius 2 is 1.50 bits per heavy atom. The summed E-state index contributed by atoms with van der Waals surface area (Å²) in [5.74, 6) is 0. The Morgan fingerprint density at radius 1 is 0.808 bits per heavy atom. The van der Waals surface area contributed by atoms with Gasteiger partial charge >= 0.3 is 0 Å². The first-order valence-electron chi connectivity index (χ1n) is 8.81. The molecule has 0 aliphatic carbocycles. The molecule has 2 nitrogen and oxygen atoms in total. The van der Waals surface area contributed by atoms with Gasteiger partial charge in [-0.25, -0.2) is 0 Å². The van der Waals surface area contributed by atoms with Crippen molar-refractivity contribution in [1.29, 1.82) is 0 Å². The van der Waals surface area contributed by atoms with Crippen molar-refractivity contribution >= 4 is 54.6 Å². The van der Waals surface area contributed by atoms with Crippen molar-refractivity contribution in [3.05, 3.63) is 71.6 Å². The quantitative estimate of drug-likeness (QED) is 0.345. The summed E-state index contributed by atoms with van der Waals surface area (Å²) in [5.41, 5.74) is 6.27. The number of thiophene rings is 1. The van der Waals surface area contributed by atoms with Crippen molar-refractivity contribution in [1.82, 2.24) is 4.57 Å². The Morgan fingerprint density at radius 3 is 2.35 bits per heavy atom. The number of rotatable bonds is 2. The van der Waals surface area contributed by atoms with Gasteiger partial charge < -0.3 is 9.47 Å². The highest BCUT2D eigenvalue weighted by atomic mass is 32.1. The number of nitrogens with zero attached hydrogens (tertiary/aromatic N) is 2. The molecule has 3 heteroatoms. The third kappa shape index (κ3) is 2.24. The number of hydrogen-bond donors (Lipinski definition) is 0. The van der Waals surface area contributed by atoms with Crippen molar-refractivity contribution in [2.75, 3.05) is 11.9 Å². The minimum absolute atomic E-state index is 1.20. The van der Waals surface area contributed by atoms with E-state index in [9.17, 15) is 0 Å². The van der Waals surface area contributed by atoms with Crippen molar-refractivity contribution in [3.63, 3.8) is 0 Å². The van der Waals surface area contributed by atoms with E-state index in [0.29, 0.717) is 0 Å². The van der Waals surface area contributed by atoms with E-state index in [0.717, 1.165) is 0 Å². The molecule has 0 saturated heterocycles. The Kier molecular flexibility index (Phi) is 3.34. The number of aryl methyl sites for hydroxylation is 2. The van der Waals surface area contributed by atoms with Gasteiger partial charge in [-0.2, -0.15) is 0 Å². The van der Waals surface area contributed by atoms with Crippen LogP contribution in [-0.4, -0.2) is 11.6 Å². The molecule has 0 bridgehead atoms. The Labute approximate surface area is 156 Å². The monoisotopic (exact) mass is 356 g/mol. The molecule has 5 rings (SSSR count). The molecule has 0 aliphatic rings. The second kappa shape index (κ2) is 5.61. The summed E-state index contributed by atoms with van der Waals surface area (Å²) in [7, 11) is 4.30. The molecule has 2 heterocycles. The van der Waals surface area contributed by atoms with Gasteiger partial charge in [0.1, 0.15) is 0 Å². The van der Waals surface area contributed by atoms with E-state index >= 15 is 0 Å². The molecule has 26 heavy (non-hydrogen) atoms. The SMILES string of the molecule is Cc1ccc2c3ccc(N(C)c4ccc5sccc5c4)cc3n(C)c2c1. The van der Waals surface area contributed by atoms with Gasteiger partial charge in [0.2, 0.25) is 0 Å². The van der Waals surface area contributed by atoms with Crippen LogP contribution in [0.15, 0.2) is 66.0 Å². The van der Waals surface area contributed by atoms with Gasteiger partial charge in [0.05, 0.1) is 5.52 Å². The summed E-state index contributed by atoms with van der Waals surface area (Å²) < 4.78 is 3.64. The van der Waals surface area contributed by atoms with Gasteiger partial charge in [-0.1, -0.05) is 18.2 Å². The van der Waals surface area contributed by atoms with Crippen LogP contribution >= 0.6 is 11.3 Å². The average Bonchev–Trinajstić information content (AvgIpc) is 3.23. The fourth-order valence-corrected chi connectivity index (χ4v) is 4.59. The molecule has 3 aromatic carbocycles. The molecule has 0 radical (unpaired) electrons. The number of anilines is 2. The molecular formula is C23H20N2S. The predicted octanol–water partition coefficient (Wildman–Crippen LogP) is 6.62. The third-order valence-electron chi connectivity index (χ3n) is 5.36. The molecular weight excluding hydrogens is 336 g/mol. The van der Waals surface area contributed by atoms with Crippen LogP contribution in [0.5, 0.6) is 0 Å². The highest BCUT2D eigenvalue weighted by molar-refractivity contribution is 7.17. The lowest BCUT2D eigenvalue weighted by molar-refractivity contribution is 1.01. The lowest BCUT2D eigenvalue weighted by atomic mass is 10.1. The van der Waals surface area contributed by atoms with Crippen molar-refractivity contribution in [3.8, 4) is 0 Å². The minimum Gasteiger partial charge on any atom is -0.345 e. The average molecular weight is 356 g/mol. The molecule has 0 fully saturated rings. The number of aromatic nitrogens is 1. The molecule has 2 aromatic heterocycles. The highest BCUT2D eigenvalue weighted by Gasteiger charge is 2.11. The molecule has 0 N–H and O–H groups in total. The van der Waals surface area contributed by atoms with Crippen molar-refractivity contribution in [2.45, 2.75) is 6.92 Å². The van der Waals surface area contributed by atoms with E-state index in [1.54, 1.807) is 11.3 Å². The van der Waals surface area contributed by atoms with Crippen LogP contribution < -0.4 is 4.90 Å². The zero-order chi connectivity index (χ0) is 17.8. The van der Waals surface area contributed by atoms with Gasteiger partial charge in [-0.05, 0) is 65.7 Å². The van der Waals surface area contributed by atoms with E-state index < -0.39 is 0 Å². The largest absolute Gasteiger partial charge is 0.345 e. The molecule has 0 saturated carbocycles. The van der Waals surface area contributed by atoms with Gasteiger partial charge in [0, 0.05) is 46.5 Å². The maximum Gasteiger partial charge on any atom is 0.0509 e. The van der Waals surface area contributed by atoms with Crippen LogP contribution in [0.25, 0.3) is 31.9 Å². The maximum atomic E-state index is 2.30. The third-order valence-corrected chi connectivity index (χ3v) is 6.26. The minimum atomic E-state index is 1.20. The molecule has 0 aliphatic heterocycles. The lowest BCUT2D eigenvalue weighted by Crippen LogP contribution is -2.09. The predicted molar refractivity (Wildman–Crippen MR) is 115 cm³/mol. The smallest absolute Gasteiger partial charge is 0.0509 e. The summed E-state index contributed by atoms with van der Waals surface area (Å²) in [4.78, 5) is 2.26. The van der Waals surface area contributed by atoms with Crippen molar-refractivity contribution < 1.29 is 0 Å². The maximum absolute atomic E-state index is 2.30. The molecule has 0 amide bonds. The zero-order valence-electron chi connectivity index (χ0n) is 15.2. The molecule has 0 atom stereocenters. The second-order valence-corrected chi connectivity index (χ2v) is 7.93. The summed E-state index contributed by atoms with van der Waals surface area (Å²) in [5, 5.41) is 6.09. The number of fused-ring (bicyclic) bond motifs is 4.